The number of nitrogens with zero attached hydrogens (tertiary/aromatic N) is 2. The summed E-state index contributed by atoms with van der Waals surface area (Å²) in [6, 6.07) is 14.4. The van der Waals surface area contributed by atoms with Crippen LogP contribution in [0.3, 0.4) is 0 Å². The maximum absolute atomic E-state index is 13.2. The van der Waals surface area contributed by atoms with Gasteiger partial charge in [0.25, 0.3) is 0 Å². The van der Waals surface area contributed by atoms with Gasteiger partial charge in [-0.05, 0) is 42.5 Å². The first-order valence-corrected chi connectivity index (χ1v) is 10.6. The van der Waals surface area contributed by atoms with E-state index in [2.05, 4.69) is 0 Å². The van der Waals surface area contributed by atoms with Gasteiger partial charge >= 0.3 is 11.7 Å². The fraction of sp³-hybridized carbons (Fsp3) is 0.320. The zero-order valence-electron chi connectivity index (χ0n) is 18.2. The molecule has 0 bridgehead atoms. The quantitative estimate of drug-likeness (QED) is 0.504. The zero-order valence-corrected chi connectivity index (χ0v) is 18.2. The molecule has 0 saturated heterocycles. The summed E-state index contributed by atoms with van der Waals surface area (Å²) in [4.78, 5) is 36.5. The number of carbonyl (C=O) groups is 2. The summed E-state index contributed by atoms with van der Waals surface area (Å²) >= 11 is 0. The van der Waals surface area contributed by atoms with Gasteiger partial charge in [-0.2, -0.15) is 0 Å². The molecule has 0 aliphatic carbocycles. The third-order valence-corrected chi connectivity index (χ3v) is 5.71. The second-order valence-corrected chi connectivity index (χ2v) is 7.74. The Morgan fingerprint density at radius 2 is 1.77 bits per heavy atom. The van der Waals surface area contributed by atoms with Crippen molar-refractivity contribution in [3.63, 3.8) is 0 Å². The molecule has 1 aromatic heterocycles. The van der Waals surface area contributed by atoms with Crippen molar-refractivity contribution in [3.05, 3.63) is 81.5 Å². The number of carboxylic acid groups (broad SMARTS) is 1. The van der Waals surface area contributed by atoms with Gasteiger partial charge in [0.15, 0.2) is 6.29 Å². The van der Waals surface area contributed by atoms with Crippen LogP contribution in [-0.2, 0) is 13.0 Å². The van der Waals surface area contributed by atoms with E-state index in [0.717, 1.165) is 35.9 Å². The molecular formula is C25H28N2O4. The van der Waals surface area contributed by atoms with Crippen molar-refractivity contribution in [2.24, 2.45) is 0 Å². The smallest absolute Gasteiger partial charge is 0.336 e. The zero-order chi connectivity index (χ0) is 22.5. The Morgan fingerprint density at radius 1 is 1.10 bits per heavy atom. The molecular weight excluding hydrogens is 392 g/mol. The molecule has 0 fully saturated rings. The lowest BCUT2D eigenvalue weighted by Crippen LogP contribution is -2.28. The monoisotopic (exact) mass is 420 g/mol. The normalized spacial score (nSPS) is 12.0. The molecule has 3 rings (SSSR count). The highest BCUT2D eigenvalue weighted by atomic mass is 16.4. The maximum Gasteiger partial charge on any atom is 0.336 e. The second kappa shape index (κ2) is 9.60. The van der Waals surface area contributed by atoms with E-state index in [1.165, 1.54) is 0 Å². The number of carbonyl (C=O) groups excluding carboxylic acids is 1. The molecule has 6 heteroatoms. The maximum atomic E-state index is 13.2. The van der Waals surface area contributed by atoms with Gasteiger partial charge in [-0.1, -0.05) is 62.7 Å². The average molecular weight is 421 g/mol. The van der Waals surface area contributed by atoms with Crippen molar-refractivity contribution in [1.29, 1.82) is 0 Å². The van der Waals surface area contributed by atoms with Gasteiger partial charge in [0, 0.05) is 6.04 Å². The van der Waals surface area contributed by atoms with Gasteiger partial charge in [-0.25, -0.2) is 9.59 Å². The molecule has 3 aromatic rings. The van der Waals surface area contributed by atoms with E-state index in [-0.39, 0.29) is 17.3 Å². The Labute approximate surface area is 181 Å². The fourth-order valence-electron chi connectivity index (χ4n) is 3.92. The first-order chi connectivity index (χ1) is 14.9. The summed E-state index contributed by atoms with van der Waals surface area (Å²) in [6.07, 6.45) is 3.03. The van der Waals surface area contributed by atoms with Crippen molar-refractivity contribution in [1.82, 2.24) is 9.13 Å². The lowest BCUT2D eigenvalue weighted by Gasteiger charge is -2.10. The fourth-order valence-corrected chi connectivity index (χ4v) is 3.92. The molecule has 1 unspecified atom stereocenters. The van der Waals surface area contributed by atoms with E-state index >= 15 is 0 Å². The summed E-state index contributed by atoms with van der Waals surface area (Å²) in [5.41, 5.74) is 3.68. The minimum absolute atomic E-state index is 0.0561. The molecule has 0 radical (unpaired) electrons. The van der Waals surface area contributed by atoms with Crippen molar-refractivity contribution in [2.75, 3.05) is 0 Å². The summed E-state index contributed by atoms with van der Waals surface area (Å²) in [5.74, 6) is -0.969. The van der Waals surface area contributed by atoms with Crippen molar-refractivity contribution < 1.29 is 14.7 Å². The van der Waals surface area contributed by atoms with Gasteiger partial charge in [-0.3, -0.25) is 13.9 Å². The second-order valence-electron chi connectivity index (χ2n) is 7.74. The van der Waals surface area contributed by atoms with Crippen LogP contribution in [0.25, 0.3) is 11.1 Å². The minimum atomic E-state index is -0.969. The molecule has 6 nitrogen and oxygen atoms in total. The number of aldehydes is 1. The molecule has 162 valence electrons. The van der Waals surface area contributed by atoms with Crippen LogP contribution in [0.1, 0.15) is 71.8 Å². The summed E-state index contributed by atoms with van der Waals surface area (Å²) in [6.45, 7) is 6.33. The molecule has 0 amide bonds. The Morgan fingerprint density at radius 3 is 2.35 bits per heavy atom. The van der Waals surface area contributed by atoms with Crippen LogP contribution in [0.2, 0.25) is 0 Å². The number of aromatic nitrogens is 2. The van der Waals surface area contributed by atoms with E-state index < -0.39 is 5.97 Å². The van der Waals surface area contributed by atoms with Gasteiger partial charge in [0.2, 0.25) is 0 Å². The van der Waals surface area contributed by atoms with Gasteiger partial charge < -0.3 is 5.11 Å². The number of aromatic carboxylic acids is 1. The molecule has 0 saturated carbocycles. The van der Waals surface area contributed by atoms with Crippen LogP contribution in [0.4, 0.5) is 0 Å². The topological polar surface area (TPSA) is 81.3 Å². The number of hydrogen-bond donors (Lipinski definition) is 1. The number of carboxylic acids is 1. The van der Waals surface area contributed by atoms with Crippen LogP contribution < -0.4 is 5.69 Å². The molecule has 31 heavy (non-hydrogen) atoms. The van der Waals surface area contributed by atoms with Crippen LogP contribution in [-0.4, -0.2) is 26.5 Å². The van der Waals surface area contributed by atoms with E-state index in [1.54, 1.807) is 27.3 Å². The van der Waals surface area contributed by atoms with Crippen LogP contribution in [0, 0.1) is 0 Å². The van der Waals surface area contributed by atoms with Gasteiger partial charge in [0.05, 0.1) is 17.8 Å². The summed E-state index contributed by atoms with van der Waals surface area (Å²) in [5, 5.41) is 9.44. The van der Waals surface area contributed by atoms with Crippen molar-refractivity contribution >= 4 is 12.3 Å². The summed E-state index contributed by atoms with van der Waals surface area (Å²) < 4.78 is 3.30. The average Bonchev–Trinajstić information content (AvgIpc) is 3.04. The molecule has 0 spiro atoms. The molecule has 1 N–H and O–H groups in total. The molecule has 0 aliphatic rings. The third kappa shape index (κ3) is 4.38. The predicted molar refractivity (Wildman–Crippen MR) is 121 cm³/mol. The van der Waals surface area contributed by atoms with Crippen LogP contribution in [0.15, 0.2) is 53.3 Å². The number of rotatable bonds is 9. The highest BCUT2D eigenvalue weighted by Gasteiger charge is 2.21. The number of imidazole rings is 1. The highest BCUT2D eigenvalue weighted by molar-refractivity contribution is 5.96. The minimum Gasteiger partial charge on any atom is -0.478 e. The first kappa shape index (κ1) is 22.3. The molecule has 0 aliphatic heterocycles. The number of benzene rings is 2. The largest absolute Gasteiger partial charge is 0.478 e. The molecule has 2 aromatic carbocycles. The SMILES string of the molecule is CCCc1c(C=O)n(C(C)CC)c(=O)n1Cc1ccc(-c2ccccc2C(=O)O)cc1. The highest BCUT2D eigenvalue weighted by Crippen LogP contribution is 2.25. The Kier molecular flexibility index (Phi) is 6.90. The van der Waals surface area contributed by atoms with E-state index in [4.69, 9.17) is 0 Å². The van der Waals surface area contributed by atoms with E-state index in [1.807, 2.05) is 51.1 Å². The van der Waals surface area contributed by atoms with E-state index in [9.17, 15) is 19.5 Å². The predicted octanol–water partition coefficient (Wildman–Crippen LogP) is 4.80. The van der Waals surface area contributed by atoms with Gasteiger partial charge in [0.1, 0.15) is 5.69 Å². The van der Waals surface area contributed by atoms with E-state index in [0.29, 0.717) is 24.2 Å². The van der Waals surface area contributed by atoms with Crippen molar-refractivity contribution in [3.8, 4) is 11.1 Å². The standard InChI is InChI=1S/C25H28N2O4/c1-4-8-22-23(16-28)27(17(3)5-2)25(31)26(22)15-18-11-13-19(14-12-18)20-9-6-7-10-21(20)24(29)30/h6-7,9-14,16-17H,4-5,8,15H2,1-3H3,(H,29,30). The first-order valence-electron chi connectivity index (χ1n) is 10.6. The summed E-state index contributed by atoms with van der Waals surface area (Å²) in [7, 11) is 0. The number of hydrogen-bond acceptors (Lipinski definition) is 3. The van der Waals surface area contributed by atoms with Crippen LogP contribution >= 0.6 is 0 Å². The van der Waals surface area contributed by atoms with Crippen molar-refractivity contribution in [2.45, 2.75) is 52.6 Å². The third-order valence-electron chi connectivity index (χ3n) is 5.71. The lowest BCUT2D eigenvalue weighted by atomic mass is 9.99. The molecule has 1 heterocycles. The van der Waals surface area contributed by atoms with Crippen LogP contribution in [0.5, 0.6) is 0 Å². The Hall–Kier alpha value is -3.41. The lowest BCUT2D eigenvalue weighted by molar-refractivity contribution is 0.0697. The molecule has 1 atom stereocenters. The van der Waals surface area contributed by atoms with Gasteiger partial charge in [-0.15, -0.1) is 0 Å². The Balaban J connectivity index is 2.00. The Bertz CT molecular complexity index is 1140.